The van der Waals surface area contributed by atoms with E-state index >= 15 is 0 Å². The molecule has 1 fully saturated rings. The lowest BCUT2D eigenvalue weighted by atomic mass is 10.1. The number of ether oxygens (including phenoxy) is 1. The van der Waals surface area contributed by atoms with Gasteiger partial charge in [0, 0.05) is 25.3 Å². The minimum atomic E-state index is -0.0299. The van der Waals surface area contributed by atoms with Crippen LogP contribution in [-0.4, -0.2) is 41.7 Å². The van der Waals surface area contributed by atoms with Gasteiger partial charge in [0.15, 0.2) is 0 Å². The van der Waals surface area contributed by atoms with E-state index in [-0.39, 0.29) is 17.8 Å². The Morgan fingerprint density at radius 1 is 1.47 bits per heavy atom. The van der Waals surface area contributed by atoms with Gasteiger partial charge in [0.2, 0.25) is 0 Å². The van der Waals surface area contributed by atoms with Crippen LogP contribution in [0.5, 0.6) is 5.75 Å². The predicted octanol–water partition coefficient (Wildman–Crippen LogP) is 2.80. The van der Waals surface area contributed by atoms with E-state index in [4.69, 9.17) is 4.74 Å². The number of carbonyl (C=O) groups excluding carboxylic acids is 1. The van der Waals surface area contributed by atoms with Crippen molar-refractivity contribution in [3.63, 3.8) is 0 Å². The maximum Gasteiger partial charge on any atom is 0.253 e. The summed E-state index contributed by atoms with van der Waals surface area (Å²) in [6, 6.07) is 4.91. The van der Waals surface area contributed by atoms with Crippen molar-refractivity contribution >= 4 is 21.8 Å². The van der Waals surface area contributed by atoms with Crippen molar-refractivity contribution in [1.82, 2.24) is 4.90 Å². The lowest BCUT2D eigenvalue weighted by Crippen LogP contribution is -2.40. The van der Waals surface area contributed by atoms with Crippen LogP contribution in [0.1, 0.15) is 30.1 Å². The zero-order valence-corrected chi connectivity index (χ0v) is 12.5. The molecule has 5 heteroatoms. The van der Waals surface area contributed by atoms with Crippen LogP contribution in [0.3, 0.4) is 0 Å². The van der Waals surface area contributed by atoms with E-state index in [0.29, 0.717) is 23.1 Å². The number of aromatic hydroxyl groups is 1. The first-order valence-electron chi connectivity index (χ1n) is 6.51. The molecule has 0 spiro atoms. The largest absolute Gasteiger partial charge is 0.507 e. The number of amides is 1. The normalized spacial score (nSPS) is 16.6. The second-order valence-corrected chi connectivity index (χ2v) is 5.47. The molecule has 104 valence electrons. The predicted molar refractivity (Wildman–Crippen MR) is 76.4 cm³/mol. The van der Waals surface area contributed by atoms with Crippen molar-refractivity contribution in [3.05, 3.63) is 28.2 Å². The Balaban J connectivity index is 1.99. The fourth-order valence-electron chi connectivity index (χ4n) is 2.29. The van der Waals surface area contributed by atoms with Gasteiger partial charge in [-0.25, -0.2) is 0 Å². The van der Waals surface area contributed by atoms with Crippen molar-refractivity contribution in [2.45, 2.75) is 25.9 Å². The molecular formula is C14H18BrNO3. The fourth-order valence-corrected chi connectivity index (χ4v) is 2.54. The van der Waals surface area contributed by atoms with Gasteiger partial charge < -0.3 is 14.7 Å². The summed E-state index contributed by atoms with van der Waals surface area (Å²) >= 11 is 3.21. The van der Waals surface area contributed by atoms with E-state index < -0.39 is 0 Å². The van der Waals surface area contributed by atoms with Crippen LogP contribution in [0.15, 0.2) is 22.7 Å². The number of piperidine rings is 1. The summed E-state index contributed by atoms with van der Waals surface area (Å²) in [5.74, 6) is 0.0628. The summed E-state index contributed by atoms with van der Waals surface area (Å²) < 4.78 is 6.16. The lowest BCUT2D eigenvalue weighted by Gasteiger charge is -2.31. The van der Waals surface area contributed by atoms with Gasteiger partial charge in [-0.05, 0) is 53.9 Å². The summed E-state index contributed by atoms with van der Waals surface area (Å²) in [5, 5.41) is 9.62. The van der Waals surface area contributed by atoms with Crippen LogP contribution in [0.4, 0.5) is 0 Å². The van der Waals surface area contributed by atoms with Crippen LogP contribution in [0, 0.1) is 0 Å². The molecule has 1 aliphatic heterocycles. The molecule has 0 aliphatic carbocycles. The number of nitrogens with zero attached hydrogens (tertiary/aromatic N) is 1. The minimum Gasteiger partial charge on any atom is -0.507 e. The molecule has 0 unspecified atom stereocenters. The number of rotatable bonds is 3. The Morgan fingerprint density at radius 3 is 2.74 bits per heavy atom. The number of hydrogen-bond acceptors (Lipinski definition) is 3. The molecule has 0 bridgehead atoms. The minimum absolute atomic E-state index is 0.0299. The molecule has 0 saturated carbocycles. The molecule has 1 aromatic rings. The van der Waals surface area contributed by atoms with Crippen LogP contribution < -0.4 is 0 Å². The maximum absolute atomic E-state index is 12.3. The number of benzene rings is 1. The first-order chi connectivity index (χ1) is 9.11. The van der Waals surface area contributed by atoms with Gasteiger partial charge in [0.05, 0.1) is 10.6 Å². The Bertz CT molecular complexity index is 456. The topological polar surface area (TPSA) is 49.8 Å². The van der Waals surface area contributed by atoms with Gasteiger partial charge in [-0.3, -0.25) is 4.79 Å². The average Bonchev–Trinajstić information content (AvgIpc) is 2.42. The number of carbonyl (C=O) groups is 1. The highest BCUT2D eigenvalue weighted by molar-refractivity contribution is 9.10. The molecule has 1 aliphatic rings. The van der Waals surface area contributed by atoms with Gasteiger partial charge in [0.25, 0.3) is 5.91 Å². The van der Waals surface area contributed by atoms with Gasteiger partial charge in [-0.2, -0.15) is 0 Å². The van der Waals surface area contributed by atoms with Gasteiger partial charge in [0.1, 0.15) is 5.75 Å². The third-order valence-electron chi connectivity index (χ3n) is 3.32. The van der Waals surface area contributed by atoms with Gasteiger partial charge in [-0.1, -0.05) is 0 Å². The molecule has 0 radical (unpaired) electrons. The fraction of sp³-hybridized carbons (Fsp3) is 0.500. The van der Waals surface area contributed by atoms with E-state index in [9.17, 15) is 9.90 Å². The summed E-state index contributed by atoms with van der Waals surface area (Å²) in [6.07, 6.45) is 2.02. The Hall–Kier alpha value is -1.07. The summed E-state index contributed by atoms with van der Waals surface area (Å²) in [4.78, 5) is 14.1. The quantitative estimate of drug-likeness (QED) is 0.928. The van der Waals surface area contributed by atoms with Crippen LogP contribution in [0.25, 0.3) is 0 Å². The molecule has 1 heterocycles. The highest BCUT2D eigenvalue weighted by atomic mass is 79.9. The number of likely N-dealkylation sites (tertiary alicyclic amines) is 1. The van der Waals surface area contributed by atoms with E-state index in [1.54, 1.807) is 12.1 Å². The molecule has 2 rings (SSSR count). The second-order valence-electron chi connectivity index (χ2n) is 4.61. The molecule has 0 aromatic heterocycles. The lowest BCUT2D eigenvalue weighted by molar-refractivity contribution is 0.0146. The zero-order chi connectivity index (χ0) is 13.8. The van der Waals surface area contributed by atoms with Crippen LogP contribution in [-0.2, 0) is 4.74 Å². The highest BCUT2D eigenvalue weighted by Crippen LogP contribution is 2.25. The van der Waals surface area contributed by atoms with Crippen molar-refractivity contribution < 1.29 is 14.6 Å². The summed E-state index contributed by atoms with van der Waals surface area (Å²) in [6.45, 7) is 4.13. The molecular weight excluding hydrogens is 310 g/mol. The number of phenols is 1. The number of hydrogen-bond donors (Lipinski definition) is 1. The SMILES string of the molecule is CCOC1CCN(C(=O)c2ccc(Br)c(O)c2)CC1. The van der Waals surface area contributed by atoms with Crippen LogP contribution in [0.2, 0.25) is 0 Å². The zero-order valence-electron chi connectivity index (χ0n) is 10.9. The Morgan fingerprint density at radius 2 is 2.16 bits per heavy atom. The van der Waals surface area contributed by atoms with E-state index in [1.807, 2.05) is 11.8 Å². The monoisotopic (exact) mass is 327 g/mol. The highest BCUT2D eigenvalue weighted by Gasteiger charge is 2.24. The maximum atomic E-state index is 12.3. The van der Waals surface area contributed by atoms with Gasteiger partial charge in [-0.15, -0.1) is 0 Å². The molecule has 4 nitrogen and oxygen atoms in total. The molecule has 1 amide bonds. The van der Waals surface area contributed by atoms with E-state index in [1.165, 1.54) is 6.07 Å². The number of phenolic OH excluding ortho intramolecular Hbond substituents is 1. The molecule has 1 saturated heterocycles. The molecule has 19 heavy (non-hydrogen) atoms. The average molecular weight is 328 g/mol. The third-order valence-corrected chi connectivity index (χ3v) is 4.00. The number of halogens is 1. The van der Waals surface area contributed by atoms with Crippen molar-refractivity contribution in [3.8, 4) is 5.75 Å². The molecule has 1 N–H and O–H groups in total. The van der Waals surface area contributed by atoms with Crippen molar-refractivity contribution in [2.75, 3.05) is 19.7 Å². The Kier molecular flexibility index (Phi) is 4.82. The third kappa shape index (κ3) is 3.48. The molecule has 0 atom stereocenters. The van der Waals surface area contributed by atoms with Crippen molar-refractivity contribution in [1.29, 1.82) is 0 Å². The van der Waals surface area contributed by atoms with Crippen molar-refractivity contribution in [2.24, 2.45) is 0 Å². The second kappa shape index (κ2) is 6.39. The first-order valence-corrected chi connectivity index (χ1v) is 7.30. The standard InChI is InChI=1S/C14H18BrNO3/c1-2-19-11-5-7-16(8-6-11)14(18)10-3-4-12(15)13(17)9-10/h3-4,9,11,17H,2,5-8H2,1H3. The molecule has 1 aromatic carbocycles. The van der Waals surface area contributed by atoms with Gasteiger partial charge >= 0.3 is 0 Å². The van der Waals surface area contributed by atoms with E-state index in [2.05, 4.69) is 15.9 Å². The smallest absolute Gasteiger partial charge is 0.253 e. The summed E-state index contributed by atoms with van der Waals surface area (Å²) in [5.41, 5.74) is 0.524. The Labute approximate surface area is 121 Å². The summed E-state index contributed by atoms with van der Waals surface area (Å²) in [7, 11) is 0. The van der Waals surface area contributed by atoms with E-state index in [0.717, 1.165) is 19.4 Å². The van der Waals surface area contributed by atoms with Crippen LogP contribution >= 0.6 is 15.9 Å². The first kappa shape index (κ1) is 14.3.